The van der Waals surface area contributed by atoms with Crippen molar-refractivity contribution in [3.8, 4) is 28.5 Å². The first kappa shape index (κ1) is 17.2. The standard InChI is InChI=1S/C15H18N2O5S/c1-4-9-7-10(18)5-6-11(9)12-13(22-23)14(21-8-20-3)16-17(2)15(12)19/h5-7,18,23H,4,8H2,1-3H3. The van der Waals surface area contributed by atoms with Crippen LogP contribution < -0.4 is 14.5 Å². The highest BCUT2D eigenvalue weighted by Crippen LogP contribution is 2.37. The fraction of sp³-hybridized carbons (Fsp3) is 0.333. The number of rotatable bonds is 6. The number of nitrogens with zero attached hydrogens (tertiary/aromatic N) is 2. The average Bonchev–Trinajstić information content (AvgIpc) is 2.55. The SMILES string of the molecule is CCc1cc(O)ccc1-c1c(OS)c(OCOC)nn(C)c1=O. The lowest BCUT2D eigenvalue weighted by atomic mass is 9.98. The zero-order valence-electron chi connectivity index (χ0n) is 13.1. The molecular weight excluding hydrogens is 320 g/mol. The molecule has 0 saturated heterocycles. The largest absolute Gasteiger partial charge is 0.508 e. The fourth-order valence-corrected chi connectivity index (χ4v) is 2.41. The maximum Gasteiger partial charge on any atom is 0.278 e. The predicted molar refractivity (Wildman–Crippen MR) is 88.1 cm³/mol. The molecule has 124 valence electrons. The van der Waals surface area contributed by atoms with Crippen LogP contribution >= 0.6 is 12.9 Å². The summed E-state index contributed by atoms with van der Waals surface area (Å²) in [6.45, 7) is 1.87. The van der Waals surface area contributed by atoms with Crippen LogP contribution in [0, 0.1) is 0 Å². The first-order chi connectivity index (χ1) is 11.0. The van der Waals surface area contributed by atoms with E-state index in [1.165, 1.54) is 20.2 Å². The normalized spacial score (nSPS) is 10.6. The molecule has 23 heavy (non-hydrogen) atoms. The lowest BCUT2D eigenvalue weighted by molar-refractivity contribution is 0.0453. The summed E-state index contributed by atoms with van der Waals surface area (Å²) in [6.07, 6.45) is 0.621. The van der Waals surface area contributed by atoms with Gasteiger partial charge in [-0.2, -0.15) is 0 Å². The van der Waals surface area contributed by atoms with Crippen LogP contribution in [0.4, 0.5) is 0 Å². The summed E-state index contributed by atoms with van der Waals surface area (Å²) in [5, 5.41) is 13.7. The maximum absolute atomic E-state index is 12.6. The van der Waals surface area contributed by atoms with Gasteiger partial charge in [-0.3, -0.25) is 4.79 Å². The Balaban J connectivity index is 2.75. The summed E-state index contributed by atoms with van der Waals surface area (Å²) in [4.78, 5) is 12.6. The topological polar surface area (TPSA) is 82.8 Å². The number of phenols is 1. The van der Waals surface area contributed by atoms with Crippen LogP contribution in [0.15, 0.2) is 23.0 Å². The Morgan fingerprint density at radius 2 is 2.13 bits per heavy atom. The average molecular weight is 338 g/mol. The van der Waals surface area contributed by atoms with Gasteiger partial charge in [-0.15, -0.1) is 5.10 Å². The minimum absolute atomic E-state index is 0.0506. The zero-order chi connectivity index (χ0) is 17.0. The van der Waals surface area contributed by atoms with Gasteiger partial charge in [0.25, 0.3) is 11.4 Å². The monoisotopic (exact) mass is 338 g/mol. The molecule has 0 fully saturated rings. The van der Waals surface area contributed by atoms with E-state index < -0.39 is 0 Å². The first-order valence-electron chi connectivity index (χ1n) is 6.90. The van der Waals surface area contributed by atoms with E-state index in [0.717, 1.165) is 10.2 Å². The van der Waals surface area contributed by atoms with E-state index in [-0.39, 0.29) is 35.3 Å². The number of aromatic hydroxyl groups is 1. The Morgan fingerprint density at radius 1 is 1.39 bits per heavy atom. The van der Waals surface area contributed by atoms with Crippen molar-refractivity contribution in [3.63, 3.8) is 0 Å². The van der Waals surface area contributed by atoms with Gasteiger partial charge in [0.05, 0.1) is 5.56 Å². The van der Waals surface area contributed by atoms with Crippen molar-refractivity contribution >= 4 is 12.9 Å². The minimum atomic E-state index is -0.362. The van der Waals surface area contributed by atoms with E-state index in [1.54, 1.807) is 12.1 Å². The third-order valence-corrected chi connectivity index (χ3v) is 3.50. The van der Waals surface area contributed by atoms with Gasteiger partial charge >= 0.3 is 0 Å². The Hall–Kier alpha value is -2.19. The van der Waals surface area contributed by atoms with Crippen molar-refractivity contribution in [2.24, 2.45) is 7.05 Å². The lowest BCUT2D eigenvalue weighted by Gasteiger charge is -2.15. The number of phenolic OH excluding ortho intramolecular Hbond substituents is 1. The summed E-state index contributed by atoms with van der Waals surface area (Å²) in [6, 6.07) is 4.76. The minimum Gasteiger partial charge on any atom is -0.508 e. The molecule has 8 heteroatoms. The van der Waals surface area contributed by atoms with Crippen molar-refractivity contribution < 1.29 is 18.8 Å². The van der Waals surface area contributed by atoms with Gasteiger partial charge < -0.3 is 18.8 Å². The molecule has 1 aromatic heterocycles. The Kier molecular flexibility index (Phi) is 5.51. The smallest absolute Gasteiger partial charge is 0.278 e. The molecule has 0 unspecified atom stereocenters. The molecule has 1 aromatic carbocycles. The summed E-state index contributed by atoms with van der Waals surface area (Å²) >= 11 is 3.83. The molecular formula is C15H18N2O5S. The van der Waals surface area contributed by atoms with Crippen LogP contribution in [-0.2, 0) is 18.2 Å². The molecule has 2 rings (SSSR count). The van der Waals surface area contributed by atoms with Crippen LogP contribution in [0.25, 0.3) is 11.1 Å². The second-order valence-electron chi connectivity index (χ2n) is 4.78. The fourth-order valence-electron chi connectivity index (χ4n) is 2.24. The second kappa shape index (κ2) is 7.38. The summed E-state index contributed by atoms with van der Waals surface area (Å²) in [5.74, 6) is 0.323. The highest BCUT2D eigenvalue weighted by atomic mass is 32.1. The zero-order valence-corrected chi connectivity index (χ0v) is 14.0. The number of methoxy groups -OCH3 is 1. The number of ether oxygens (including phenoxy) is 2. The van der Waals surface area contributed by atoms with E-state index in [1.807, 2.05) is 6.92 Å². The molecule has 1 heterocycles. The van der Waals surface area contributed by atoms with Gasteiger partial charge in [-0.05, 0) is 29.7 Å². The van der Waals surface area contributed by atoms with Crippen molar-refractivity contribution in [2.75, 3.05) is 13.9 Å². The molecule has 2 aromatic rings. The lowest BCUT2D eigenvalue weighted by Crippen LogP contribution is -2.23. The molecule has 0 amide bonds. The van der Waals surface area contributed by atoms with Gasteiger partial charge in [-0.25, -0.2) is 4.68 Å². The van der Waals surface area contributed by atoms with Crippen LogP contribution in [-0.4, -0.2) is 28.8 Å². The number of benzene rings is 1. The molecule has 0 bridgehead atoms. The number of aromatic nitrogens is 2. The van der Waals surface area contributed by atoms with E-state index >= 15 is 0 Å². The Bertz CT molecular complexity index is 760. The number of aryl methyl sites for hydroxylation is 2. The van der Waals surface area contributed by atoms with Crippen LogP contribution in [0.5, 0.6) is 17.4 Å². The van der Waals surface area contributed by atoms with Crippen LogP contribution in [0.1, 0.15) is 12.5 Å². The molecule has 0 aliphatic rings. The predicted octanol–water partition coefficient (Wildman–Crippen LogP) is 1.92. The third-order valence-electron chi connectivity index (χ3n) is 3.31. The van der Waals surface area contributed by atoms with E-state index in [2.05, 4.69) is 18.0 Å². The highest BCUT2D eigenvalue weighted by Gasteiger charge is 2.22. The van der Waals surface area contributed by atoms with Crippen molar-refractivity contribution in [2.45, 2.75) is 13.3 Å². The van der Waals surface area contributed by atoms with Gasteiger partial charge in [0.1, 0.15) is 5.75 Å². The molecule has 0 atom stereocenters. The molecule has 1 N–H and O–H groups in total. The Labute approximate surface area is 139 Å². The molecule has 7 nitrogen and oxygen atoms in total. The second-order valence-corrected chi connectivity index (χ2v) is 4.96. The molecule has 0 aliphatic carbocycles. The summed E-state index contributed by atoms with van der Waals surface area (Å²) in [7, 11) is 2.99. The van der Waals surface area contributed by atoms with E-state index in [9.17, 15) is 9.90 Å². The van der Waals surface area contributed by atoms with Crippen molar-refractivity contribution in [1.82, 2.24) is 9.78 Å². The molecule has 0 spiro atoms. The molecule has 0 radical (unpaired) electrons. The van der Waals surface area contributed by atoms with E-state index in [0.29, 0.717) is 12.0 Å². The van der Waals surface area contributed by atoms with Gasteiger partial charge in [0, 0.05) is 27.1 Å². The number of hydrogen-bond acceptors (Lipinski definition) is 7. The van der Waals surface area contributed by atoms with Gasteiger partial charge in [0.15, 0.2) is 6.79 Å². The summed E-state index contributed by atoms with van der Waals surface area (Å²) in [5.41, 5.74) is 1.32. The van der Waals surface area contributed by atoms with Crippen LogP contribution in [0.2, 0.25) is 0 Å². The molecule has 0 aliphatic heterocycles. The van der Waals surface area contributed by atoms with Crippen LogP contribution in [0.3, 0.4) is 0 Å². The maximum atomic E-state index is 12.6. The van der Waals surface area contributed by atoms with Gasteiger partial charge in [-0.1, -0.05) is 13.0 Å². The van der Waals surface area contributed by atoms with Crippen molar-refractivity contribution in [1.29, 1.82) is 0 Å². The molecule has 0 saturated carbocycles. The highest BCUT2D eigenvalue weighted by molar-refractivity contribution is 7.75. The number of thiol groups is 1. The third kappa shape index (κ3) is 3.43. The quantitative estimate of drug-likeness (QED) is 0.476. The van der Waals surface area contributed by atoms with Gasteiger partial charge in [0.2, 0.25) is 5.75 Å². The Morgan fingerprint density at radius 3 is 2.74 bits per heavy atom. The summed E-state index contributed by atoms with van der Waals surface area (Å²) < 4.78 is 16.4. The first-order valence-corrected chi connectivity index (χ1v) is 7.26. The van der Waals surface area contributed by atoms with E-state index in [4.69, 9.17) is 13.7 Å². The van der Waals surface area contributed by atoms with Crippen molar-refractivity contribution in [3.05, 3.63) is 34.1 Å². The number of hydrogen-bond donors (Lipinski definition) is 2.